The lowest BCUT2D eigenvalue weighted by Gasteiger charge is -2.11. The number of benzene rings is 2. The molecule has 0 fully saturated rings. The zero-order chi connectivity index (χ0) is 19.5. The average Bonchev–Trinajstić information content (AvgIpc) is 3.28. The van der Waals surface area contributed by atoms with Crippen molar-refractivity contribution in [2.24, 2.45) is 4.99 Å². The number of rotatable bonds is 6. The molecule has 0 aliphatic carbocycles. The topological polar surface area (TPSA) is 53.5 Å². The molecule has 152 valence electrons. The maximum atomic E-state index is 12.7. The highest BCUT2D eigenvalue weighted by Crippen LogP contribution is 2.28. The maximum Gasteiger partial charge on any atom is 0.257 e. The lowest BCUT2D eigenvalue weighted by atomic mass is 10.2. The summed E-state index contributed by atoms with van der Waals surface area (Å²) in [4.78, 5) is 4.28. The molecule has 0 saturated heterocycles. The molecule has 0 N–H and O–H groups in total. The number of nitrogens with zero attached hydrogens (tertiary/aromatic N) is 3. The molecule has 2 heterocycles. The molecule has 2 aromatic carbocycles. The molecular formula is C22H23Cl2N3O2. The van der Waals surface area contributed by atoms with Gasteiger partial charge in [-0.1, -0.05) is 23.7 Å². The first-order chi connectivity index (χ1) is 13.7. The van der Waals surface area contributed by atoms with Crippen molar-refractivity contribution < 1.29 is 14.4 Å². The quantitative estimate of drug-likeness (QED) is 0.337. The van der Waals surface area contributed by atoms with E-state index in [0.29, 0.717) is 23.1 Å². The highest BCUT2D eigenvalue weighted by atomic mass is 35.5. The second-order valence-electron chi connectivity index (χ2n) is 6.73. The van der Waals surface area contributed by atoms with Gasteiger partial charge in [0.15, 0.2) is 5.69 Å². The monoisotopic (exact) mass is 431 g/mol. The van der Waals surface area contributed by atoms with E-state index in [1.54, 1.807) is 6.07 Å². The van der Waals surface area contributed by atoms with E-state index in [1.165, 1.54) is 0 Å². The predicted molar refractivity (Wildman–Crippen MR) is 115 cm³/mol. The van der Waals surface area contributed by atoms with Crippen molar-refractivity contribution in [3.8, 4) is 17.0 Å². The summed E-state index contributed by atoms with van der Waals surface area (Å²) in [5, 5.41) is 13.4. The SMILES string of the molecule is CCOc1ccccc1N=C([O-])C[n+]1cc(-c2ccc(Cl)cc2)n2c1CCC2.Cl. The standard InChI is InChI=1S/C22H22ClN3O2.ClH/c1-2-28-20-7-4-3-6-18(20)24-21(27)15-25-14-19(26-13-5-8-22(25)26)16-9-11-17(23)12-10-16;/h3-4,6-7,9-12,14H,2,5,8,13,15H2,1H3;1H. The minimum Gasteiger partial charge on any atom is -0.859 e. The molecule has 29 heavy (non-hydrogen) atoms. The molecule has 5 nitrogen and oxygen atoms in total. The number of hydrogen-bond donors (Lipinski definition) is 0. The molecule has 0 atom stereocenters. The third-order valence-electron chi connectivity index (χ3n) is 4.85. The molecule has 3 aromatic rings. The van der Waals surface area contributed by atoms with Gasteiger partial charge in [-0.15, -0.1) is 12.4 Å². The smallest absolute Gasteiger partial charge is 0.257 e. The molecule has 0 spiro atoms. The van der Waals surface area contributed by atoms with Crippen molar-refractivity contribution >= 4 is 35.6 Å². The summed E-state index contributed by atoms with van der Waals surface area (Å²) < 4.78 is 9.87. The van der Waals surface area contributed by atoms with Gasteiger partial charge >= 0.3 is 0 Å². The Morgan fingerprint density at radius 1 is 1.21 bits per heavy atom. The largest absolute Gasteiger partial charge is 0.859 e. The lowest BCUT2D eigenvalue weighted by molar-refractivity contribution is -0.693. The number of ether oxygens (including phenoxy) is 1. The van der Waals surface area contributed by atoms with Gasteiger partial charge in [-0.25, -0.2) is 9.13 Å². The van der Waals surface area contributed by atoms with Crippen LogP contribution < -0.4 is 14.4 Å². The first kappa shape index (κ1) is 21.2. The summed E-state index contributed by atoms with van der Waals surface area (Å²) in [7, 11) is 0. The fourth-order valence-electron chi connectivity index (χ4n) is 3.64. The molecule has 1 aromatic heterocycles. The van der Waals surface area contributed by atoms with Gasteiger partial charge in [-0.2, -0.15) is 0 Å². The van der Waals surface area contributed by atoms with E-state index in [9.17, 15) is 5.11 Å². The van der Waals surface area contributed by atoms with Crippen molar-refractivity contribution in [3.05, 3.63) is 65.6 Å². The number of imidazole rings is 1. The van der Waals surface area contributed by atoms with E-state index < -0.39 is 0 Å². The van der Waals surface area contributed by atoms with Crippen LogP contribution >= 0.6 is 24.0 Å². The second kappa shape index (κ2) is 9.33. The Kier molecular flexibility index (Phi) is 6.83. The molecule has 0 bridgehead atoms. The number of para-hydroxylation sites is 2. The Morgan fingerprint density at radius 2 is 1.97 bits per heavy atom. The van der Waals surface area contributed by atoms with Crippen LogP contribution in [0.2, 0.25) is 5.02 Å². The van der Waals surface area contributed by atoms with Crippen molar-refractivity contribution in [1.29, 1.82) is 0 Å². The van der Waals surface area contributed by atoms with Crippen molar-refractivity contribution in [3.63, 3.8) is 0 Å². The van der Waals surface area contributed by atoms with Crippen LogP contribution in [0.5, 0.6) is 5.75 Å². The van der Waals surface area contributed by atoms with Crippen LogP contribution in [0.15, 0.2) is 59.7 Å². The zero-order valence-corrected chi connectivity index (χ0v) is 17.7. The van der Waals surface area contributed by atoms with E-state index in [-0.39, 0.29) is 24.8 Å². The van der Waals surface area contributed by atoms with Gasteiger partial charge in [0.2, 0.25) is 0 Å². The Bertz CT molecular complexity index is 1010. The minimum atomic E-state index is -0.194. The summed E-state index contributed by atoms with van der Waals surface area (Å²) in [6.07, 6.45) is 4.07. The number of fused-ring (bicyclic) bond motifs is 1. The van der Waals surface area contributed by atoms with E-state index >= 15 is 0 Å². The first-order valence-electron chi connectivity index (χ1n) is 9.50. The molecule has 0 amide bonds. The summed E-state index contributed by atoms with van der Waals surface area (Å²) in [6.45, 7) is 3.62. The number of hydrogen-bond acceptors (Lipinski definition) is 3. The molecule has 0 unspecified atom stereocenters. The summed E-state index contributed by atoms with van der Waals surface area (Å²) >= 11 is 6.02. The van der Waals surface area contributed by atoms with Crippen LogP contribution in [-0.2, 0) is 19.5 Å². The van der Waals surface area contributed by atoms with Crippen molar-refractivity contribution in [2.45, 2.75) is 32.9 Å². The van der Waals surface area contributed by atoms with Crippen LogP contribution in [0.4, 0.5) is 5.69 Å². The first-order valence-corrected chi connectivity index (χ1v) is 9.87. The van der Waals surface area contributed by atoms with Crippen LogP contribution in [-0.4, -0.2) is 17.1 Å². The molecule has 1 aliphatic heterocycles. The highest BCUT2D eigenvalue weighted by molar-refractivity contribution is 6.30. The second-order valence-corrected chi connectivity index (χ2v) is 7.16. The average molecular weight is 432 g/mol. The van der Waals surface area contributed by atoms with E-state index in [1.807, 2.05) is 60.2 Å². The molecule has 1 aliphatic rings. The lowest BCUT2D eigenvalue weighted by Crippen LogP contribution is -2.43. The predicted octanol–water partition coefficient (Wildman–Crippen LogP) is 3.95. The summed E-state index contributed by atoms with van der Waals surface area (Å²) in [6, 6.07) is 15.2. The number of aliphatic imine (C=N–C) groups is 1. The van der Waals surface area contributed by atoms with Gasteiger partial charge in [0, 0.05) is 16.5 Å². The Labute approximate surface area is 181 Å². The normalized spacial score (nSPS) is 13.1. The van der Waals surface area contributed by atoms with Gasteiger partial charge in [0.1, 0.15) is 24.2 Å². The van der Waals surface area contributed by atoms with E-state index in [2.05, 4.69) is 9.56 Å². The Hall–Kier alpha value is -2.50. The maximum absolute atomic E-state index is 12.7. The van der Waals surface area contributed by atoms with Crippen molar-refractivity contribution in [1.82, 2.24) is 4.57 Å². The van der Waals surface area contributed by atoms with Gasteiger partial charge in [-0.3, -0.25) is 4.99 Å². The van der Waals surface area contributed by atoms with Gasteiger partial charge in [0.25, 0.3) is 5.82 Å². The molecule has 0 radical (unpaired) electrons. The third-order valence-corrected chi connectivity index (χ3v) is 5.10. The van der Waals surface area contributed by atoms with Crippen LogP contribution in [0, 0.1) is 0 Å². The number of halogens is 2. The van der Waals surface area contributed by atoms with Crippen LogP contribution in [0.3, 0.4) is 0 Å². The highest BCUT2D eigenvalue weighted by Gasteiger charge is 2.28. The molecule has 7 heteroatoms. The molecule has 0 saturated carbocycles. The molecular weight excluding hydrogens is 409 g/mol. The van der Waals surface area contributed by atoms with Gasteiger partial charge in [-0.05, 0) is 49.7 Å². The Balaban J connectivity index is 0.00000240. The fourth-order valence-corrected chi connectivity index (χ4v) is 3.77. The van der Waals surface area contributed by atoms with E-state index in [4.69, 9.17) is 16.3 Å². The minimum absolute atomic E-state index is 0. The van der Waals surface area contributed by atoms with Gasteiger partial charge < -0.3 is 9.84 Å². The molecule has 4 rings (SSSR count). The van der Waals surface area contributed by atoms with E-state index in [0.717, 1.165) is 36.5 Å². The van der Waals surface area contributed by atoms with Crippen LogP contribution in [0.25, 0.3) is 11.3 Å². The van der Waals surface area contributed by atoms with Crippen molar-refractivity contribution in [2.75, 3.05) is 6.61 Å². The summed E-state index contributed by atoms with van der Waals surface area (Å²) in [5.41, 5.74) is 2.77. The number of aromatic nitrogens is 2. The zero-order valence-electron chi connectivity index (χ0n) is 16.2. The summed E-state index contributed by atoms with van der Waals surface area (Å²) in [5.74, 6) is 1.60. The van der Waals surface area contributed by atoms with Crippen LogP contribution in [0.1, 0.15) is 19.2 Å². The fraction of sp³-hybridized carbons (Fsp3) is 0.273. The Morgan fingerprint density at radius 3 is 2.72 bits per heavy atom. The third kappa shape index (κ3) is 4.57. The van der Waals surface area contributed by atoms with Gasteiger partial charge in [0.05, 0.1) is 19.6 Å².